The van der Waals surface area contributed by atoms with Crippen molar-refractivity contribution in [2.75, 3.05) is 7.05 Å². The van der Waals surface area contributed by atoms with Crippen molar-refractivity contribution in [1.82, 2.24) is 14.7 Å². The third-order valence-electron chi connectivity index (χ3n) is 2.62. The van der Waals surface area contributed by atoms with Gasteiger partial charge in [0.2, 0.25) is 0 Å². The molecule has 0 aliphatic heterocycles. The molecule has 0 saturated carbocycles. The Morgan fingerprint density at radius 2 is 2.19 bits per heavy atom. The largest absolute Gasteiger partial charge is 0.317 e. The maximum absolute atomic E-state index is 6.15. The van der Waals surface area contributed by atoms with Crippen LogP contribution >= 0.6 is 23.2 Å². The fraction of sp³-hybridized carbons (Fsp3) is 0.364. The maximum Gasteiger partial charge on any atom is 0.155 e. The second kappa shape index (κ2) is 4.62. The van der Waals surface area contributed by atoms with Crippen LogP contribution in [0, 0.1) is 0 Å². The Kier molecular flexibility index (Phi) is 3.38. The van der Waals surface area contributed by atoms with E-state index in [1.807, 2.05) is 29.6 Å². The molecule has 3 nitrogen and oxygen atoms in total. The van der Waals surface area contributed by atoms with E-state index in [1.54, 1.807) is 0 Å². The third kappa shape index (κ3) is 2.03. The van der Waals surface area contributed by atoms with E-state index >= 15 is 0 Å². The first-order valence-corrected chi connectivity index (χ1v) is 5.87. The molecule has 2 aromatic rings. The molecule has 1 N–H and O–H groups in total. The van der Waals surface area contributed by atoms with Crippen LogP contribution in [0.5, 0.6) is 0 Å². The Bertz CT molecular complexity index is 507. The smallest absolute Gasteiger partial charge is 0.155 e. The molecule has 1 unspecified atom stereocenters. The summed E-state index contributed by atoms with van der Waals surface area (Å²) >= 11 is 12.2. The maximum atomic E-state index is 6.15. The van der Waals surface area contributed by atoms with Gasteiger partial charge in [-0.15, -0.1) is 0 Å². The van der Waals surface area contributed by atoms with Crippen molar-refractivity contribution in [2.45, 2.75) is 19.4 Å². The van der Waals surface area contributed by atoms with Crippen LogP contribution in [0.3, 0.4) is 0 Å². The van der Waals surface area contributed by atoms with Gasteiger partial charge in [-0.25, -0.2) is 4.98 Å². The van der Waals surface area contributed by atoms with E-state index in [1.165, 1.54) is 0 Å². The minimum absolute atomic E-state index is 0.331. The number of hydrogen-bond acceptors (Lipinski definition) is 2. The molecule has 0 radical (unpaired) electrons. The number of nitrogens with one attached hydrogen (secondary N) is 1. The minimum atomic E-state index is 0.331. The van der Waals surface area contributed by atoms with Gasteiger partial charge < -0.3 is 5.32 Å². The molecule has 0 fully saturated rings. The summed E-state index contributed by atoms with van der Waals surface area (Å²) in [5.41, 5.74) is 0.854. The molecule has 0 saturated heterocycles. The molecule has 2 aromatic heterocycles. The van der Waals surface area contributed by atoms with Crippen LogP contribution in [-0.2, 0) is 6.42 Å². The summed E-state index contributed by atoms with van der Waals surface area (Å²) < 4.78 is 1.89. The monoisotopic (exact) mass is 257 g/mol. The van der Waals surface area contributed by atoms with Gasteiger partial charge in [0, 0.05) is 12.5 Å². The van der Waals surface area contributed by atoms with E-state index in [0.29, 0.717) is 16.3 Å². The minimum Gasteiger partial charge on any atom is -0.317 e. The molecule has 2 heterocycles. The predicted octanol–water partition coefficient (Wildman–Crippen LogP) is 2.79. The average Bonchev–Trinajstić information content (AvgIpc) is 2.57. The number of aromatic nitrogens is 2. The van der Waals surface area contributed by atoms with E-state index < -0.39 is 0 Å². The quantitative estimate of drug-likeness (QED) is 0.858. The van der Waals surface area contributed by atoms with E-state index in [2.05, 4.69) is 17.2 Å². The second-order valence-corrected chi connectivity index (χ2v) is 4.53. The van der Waals surface area contributed by atoms with Crippen molar-refractivity contribution >= 4 is 28.7 Å². The van der Waals surface area contributed by atoms with Gasteiger partial charge in [0.1, 0.15) is 11.0 Å². The molecule has 5 heteroatoms. The van der Waals surface area contributed by atoms with Crippen molar-refractivity contribution in [3.05, 3.63) is 34.3 Å². The highest BCUT2D eigenvalue weighted by molar-refractivity contribution is 6.33. The topological polar surface area (TPSA) is 29.3 Å². The van der Waals surface area contributed by atoms with Crippen LogP contribution in [0.25, 0.3) is 5.52 Å². The molecule has 16 heavy (non-hydrogen) atoms. The van der Waals surface area contributed by atoms with Crippen LogP contribution in [-0.4, -0.2) is 22.5 Å². The SMILES string of the molecule is CNC(C)Cc1nc(Cl)c2cccc(Cl)n12. The number of nitrogens with zero attached hydrogens (tertiary/aromatic N) is 2. The summed E-state index contributed by atoms with van der Waals surface area (Å²) in [4.78, 5) is 4.34. The van der Waals surface area contributed by atoms with Gasteiger partial charge >= 0.3 is 0 Å². The summed E-state index contributed by atoms with van der Waals surface area (Å²) in [5, 5.41) is 4.30. The lowest BCUT2D eigenvalue weighted by atomic mass is 10.2. The molecular formula is C11H13Cl2N3. The normalized spacial score (nSPS) is 13.2. The summed E-state index contributed by atoms with van der Waals surface area (Å²) in [7, 11) is 1.92. The molecule has 0 spiro atoms. The predicted molar refractivity (Wildman–Crippen MR) is 67.4 cm³/mol. The third-order valence-corrected chi connectivity index (χ3v) is 3.19. The van der Waals surface area contributed by atoms with Gasteiger partial charge in [-0.1, -0.05) is 29.3 Å². The van der Waals surface area contributed by atoms with Crippen molar-refractivity contribution < 1.29 is 0 Å². The first kappa shape index (κ1) is 11.7. The fourth-order valence-corrected chi connectivity index (χ4v) is 2.15. The van der Waals surface area contributed by atoms with Gasteiger partial charge in [0.05, 0.1) is 5.52 Å². The van der Waals surface area contributed by atoms with E-state index in [9.17, 15) is 0 Å². The lowest BCUT2D eigenvalue weighted by molar-refractivity contribution is 0.590. The van der Waals surface area contributed by atoms with E-state index in [4.69, 9.17) is 23.2 Å². The number of pyridine rings is 1. The average molecular weight is 258 g/mol. The van der Waals surface area contributed by atoms with Crippen LogP contribution in [0.4, 0.5) is 0 Å². The summed E-state index contributed by atoms with van der Waals surface area (Å²) in [6.07, 6.45) is 0.786. The fourth-order valence-electron chi connectivity index (χ4n) is 1.64. The number of fused-ring (bicyclic) bond motifs is 1. The number of likely N-dealkylation sites (N-methyl/N-ethyl adjacent to an activating group) is 1. The summed E-state index contributed by atoms with van der Waals surface area (Å²) in [6, 6.07) is 5.95. The lowest BCUT2D eigenvalue weighted by Crippen LogP contribution is -2.24. The zero-order chi connectivity index (χ0) is 11.7. The molecule has 0 aliphatic rings. The zero-order valence-electron chi connectivity index (χ0n) is 9.17. The van der Waals surface area contributed by atoms with Crippen LogP contribution in [0.1, 0.15) is 12.7 Å². The highest BCUT2D eigenvalue weighted by atomic mass is 35.5. The van der Waals surface area contributed by atoms with Gasteiger partial charge in [-0.3, -0.25) is 4.40 Å². The van der Waals surface area contributed by atoms with Gasteiger partial charge in [0.15, 0.2) is 5.15 Å². The second-order valence-electron chi connectivity index (χ2n) is 3.78. The zero-order valence-corrected chi connectivity index (χ0v) is 10.7. The standard InChI is InChI=1S/C11H13Cl2N3/c1-7(14-2)6-10-15-11(13)8-4-3-5-9(12)16(8)10/h3-5,7,14H,6H2,1-2H3. The van der Waals surface area contributed by atoms with Crippen molar-refractivity contribution in [3.63, 3.8) is 0 Å². The van der Waals surface area contributed by atoms with Crippen LogP contribution in [0.2, 0.25) is 10.3 Å². The Morgan fingerprint density at radius 3 is 2.88 bits per heavy atom. The first-order valence-electron chi connectivity index (χ1n) is 5.12. The van der Waals surface area contributed by atoms with Crippen molar-refractivity contribution in [1.29, 1.82) is 0 Å². The number of imidazole rings is 1. The van der Waals surface area contributed by atoms with E-state index in [0.717, 1.165) is 17.8 Å². The van der Waals surface area contributed by atoms with Crippen LogP contribution < -0.4 is 5.32 Å². The highest BCUT2D eigenvalue weighted by Gasteiger charge is 2.13. The molecule has 0 amide bonds. The summed E-state index contributed by atoms with van der Waals surface area (Å²) in [5.74, 6) is 0.882. The Morgan fingerprint density at radius 1 is 1.44 bits per heavy atom. The van der Waals surface area contributed by atoms with E-state index in [-0.39, 0.29) is 0 Å². The number of hydrogen-bond donors (Lipinski definition) is 1. The lowest BCUT2D eigenvalue weighted by Gasteiger charge is -2.09. The molecule has 0 aliphatic carbocycles. The Balaban J connectivity index is 2.53. The van der Waals surface area contributed by atoms with Gasteiger partial charge in [-0.2, -0.15) is 0 Å². The van der Waals surface area contributed by atoms with Crippen molar-refractivity contribution in [3.8, 4) is 0 Å². The molecular weight excluding hydrogens is 245 g/mol. The summed E-state index contributed by atoms with van der Waals surface area (Å²) in [6.45, 7) is 2.09. The number of rotatable bonds is 3. The van der Waals surface area contributed by atoms with Gasteiger partial charge in [-0.05, 0) is 26.1 Å². The molecule has 0 aromatic carbocycles. The van der Waals surface area contributed by atoms with Gasteiger partial charge in [0.25, 0.3) is 0 Å². The molecule has 86 valence electrons. The highest BCUT2D eigenvalue weighted by Crippen LogP contribution is 2.23. The molecule has 2 rings (SSSR count). The Hall–Kier alpha value is -0.770. The molecule has 1 atom stereocenters. The Labute approximate surface area is 104 Å². The number of halogens is 2. The molecule has 0 bridgehead atoms. The first-order chi connectivity index (χ1) is 7.63. The van der Waals surface area contributed by atoms with Crippen LogP contribution in [0.15, 0.2) is 18.2 Å². The van der Waals surface area contributed by atoms with Crippen molar-refractivity contribution in [2.24, 2.45) is 0 Å².